The fourth-order valence-electron chi connectivity index (χ4n) is 3.22. The minimum atomic E-state index is -1.19. The van der Waals surface area contributed by atoms with Gasteiger partial charge in [0.2, 0.25) is 5.91 Å². The summed E-state index contributed by atoms with van der Waals surface area (Å²) in [6.45, 7) is -0.0341. The number of anilines is 1. The maximum atomic E-state index is 14.0. The van der Waals surface area contributed by atoms with Crippen LogP contribution in [0, 0.1) is 5.82 Å². The molecule has 166 valence electrons. The highest BCUT2D eigenvalue weighted by molar-refractivity contribution is 5.80. The molecule has 0 aliphatic carbocycles. The maximum absolute atomic E-state index is 14.0. The number of aliphatic hydroxyl groups excluding tert-OH is 1. The van der Waals surface area contributed by atoms with Gasteiger partial charge in [0.1, 0.15) is 23.8 Å². The number of aliphatic hydroxyl groups is 1. The number of halogens is 1. The molecule has 3 heterocycles. The Balaban J connectivity index is 1.75. The van der Waals surface area contributed by atoms with Crippen molar-refractivity contribution in [2.45, 2.75) is 12.8 Å². The summed E-state index contributed by atoms with van der Waals surface area (Å²) in [5, 5.41) is 22.5. The highest BCUT2D eigenvalue weighted by Crippen LogP contribution is 2.36. The first-order valence-corrected chi connectivity index (χ1v) is 9.71. The SMILES string of the molecule is COc1ccc(F)cc1-c1nn(CC(=O)N(C)C)cc1NC(O)c1cnn2cccnc12. The maximum Gasteiger partial charge on any atom is 0.243 e. The molecule has 4 rings (SSSR count). The van der Waals surface area contributed by atoms with Gasteiger partial charge in [0, 0.05) is 38.2 Å². The predicted octanol–water partition coefficient (Wildman–Crippen LogP) is 1.93. The third-order valence-corrected chi connectivity index (χ3v) is 4.87. The van der Waals surface area contributed by atoms with Crippen molar-refractivity contribution >= 4 is 17.2 Å². The normalized spacial score (nSPS) is 12.0. The Hall–Kier alpha value is -3.99. The third-order valence-electron chi connectivity index (χ3n) is 4.87. The monoisotopic (exact) mass is 439 g/mol. The molecule has 3 aromatic heterocycles. The molecule has 1 atom stereocenters. The third kappa shape index (κ3) is 4.10. The molecule has 10 nitrogen and oxygen atoms in total. The Bertz CT molecular complexity index is 1270. The van der Waals surface area contributed by atoms with Gasteiger partial charge in [-0.15, -0.1) is 0 Å². The summed E-state index contributed by atoms with van der Waals surface area (Å²) in [5.41, 5.74) is 1.99. The smallest absolute Gasteiger partial charge is 0.243 e. The molecule has 4 aromatic rings. The van der Waals surface area contributed by atoms with Crippen LogP contribution in [0.25, 0.3) is 16.9 Å². The fourth-order valence-corrected chi connectivity index (χ4v) is 3.22. The van der Waals surface area contributed by atoms with Gasteiger partial charge in [0.15, 0.2) is 11.9 Å². The van der Waals surface area contributed by atoms with Crippen molar-refractivity contribution < 1.29 is 19.0 Å². The van der Waals surface area contributed by atoms with Crippen molar-refractivity contribution in [3.05, 3.63) is 60.4 Å². The molecule has 0 aliphatic rings. The molecule has 0 radical (unpaired) electrons. The second-order valence-corrected chi connectivity index (χ2v) is 7.26. The van der Waals surface area contributed by atoms with E-state index in [1.54, 1.807) is 38.8 Å². The standard InChI is InChI=1S/C21H22FN7O3/c1-27(2)18(30)12-28-11-16(19(26-28)14-9-13(22)5-6-17(14)32-3)25-21(31)15-10-24-29-8-4-7-23-20(15)29/h4-11,21,25,31H,12H2,1-3H3. The van der Waals surface area contributed by atoms with Crippen molar-refractivity contribution in [1.82, 2.24) is 29.3 Å². The van der Waals surface area contributed by atoms with Gasteiger partial charge in [-0.1, -0.05) is 0 Å². The van der Waals surface area contributed by atoms with E-state index in [0.29, 0.717) is 33.9 Å². The van der Waals surface area contributed by atoms with E-state index in [9.17, 15) is 14.3 Å². The number of aromatic nitrogens is 5. The molecule has 0 saturated carbocycles. The van der Waals surface area contributed by atoms with Gasteiger partial charge in [-0.2, -0.15) is 10.2 Å². The molecule has 0 fully saturated rings. The Kier molecular flexibility index (Phi) is 5.73. The van der Waals surface area contributed by atoms with E-state index < -0.39 is 12.0 Å². The van der Waals surface area contributed by atoms with E-state index in [1.165, 1.54) is 45.6 Å². The summed E-state index contributed by atoms with van der Waals surface area (Å²) in [4.78, 5) is 17.9. The number of hydrogen-bond acceptors (Lipinski definition) is 7. The Morgan fingerprint density at radius 1 is 1.38 bits per heavy atom. The molecule has 11 heteroatoms. The fraction of sp³-hybridized carbons (Fsp3) is 0.238. The Labute approximate surface area is 182 Å². The predicted molar refractivity (Wildman–Crippen MR) is 114 cm³/mol. The van der Waals surface area contributed by atoms with Crippen LogP contribution in [-0.2, 0) is 11.3 Å². The molecule has 0 saturated heterocycles. The number of ether oxygens (including phenoxy) is 1. The molecule has 0 spiro atoms. The lowest BCUT2D eigenvalue weighted by Crippen LogP contribution is -2.26. The number of fused-ring (bicyclic) bond motifs is 1. The lowest BCUT2D eigenvalue weighted by atomic mass is 10.1. The number of likely N-dealkylation sites (N-methyl/N-ethyl adjacent to an activating group) is 1. The van der Waals surface area contributed by atoms with Gasteiger partial charge in [0.25, 0.3) is 0 Å². The summed E-state index contributed by atoms with van der Waals surface area (Å²) in [7, 11) is 4.75. The second-order valence-electron chi connectivity index (χ2n) is 7.26. The van der Waals surface area contributed by atoms with Gasteiger partial charge in [-0.25, -0.2) is 13.9 Å². The van der Waals surface area contributed by atoms with Crippen LogP contribution in [0.3, 0.4) is 0 Å². The van der Waals surface area contributed by atoms with Crippen molar-refractivity contribution in [3.63, 3.8) is 0 Å². The van der Waals surface area contributed by atoms with Crippen molar-refractivity contribution in [2.75, 3.05) is 26.5 Å². The number of hydrogen-bond donors (Lipinski definition) is 2. The summed E-state index contributed by atoms with van der Waals surface area (Å²) >= 11 is 0. The van der Waals surface area contributed by atoms with Crippen LogP contribution in [0.1, 0.15) is 11.8 Å². The first-order chi connectivity index (χ1) is 15.4. The lowest BCUT2D eigenvalue weighted by Gasteiger charge is -2.14. The molecule has 0 aliphatic heterocycles. The first-order valence-electron chi connectivity index (χ1n) is 9.71. The van der Waals surface area contributed by atoms with Crippen molar-refractivity contribution in [3.8, 4) is 17.0 Å². The van der Waals surface area contributed by atoms with E-state index in [2.05, 4.69) is 20.5 Å². The molecule has 0 bridgehead atoms. The number of methoxy groups -OCH3 is 1. The summed E-state index contributed by atoms with van der Waals surface area (Å²) in [6.07, 6.45) is 5.20. The van der Waals surface area contributed by atoms with E-state index in [0.717, 1.165) is 0 Å². The Morgan fingerprint density at radius 3 is 2.94 bits per heavy atom. The molecular formula is C21H22FN7O3. The lowest BCUT2D eigenvalue weighted by molar-refractivity contribution is -0.129. The van der Waals surface area contributed by atoms with Crippen LogP contribution in [0.15, 0.2) is 49.1 Å². The van der Waals surface area contributed by atoms with E-state index in [-0.39, 0.29) is 12.5 Å². The number of carbonyl (C=O) groups excluding carboxylic acids is 1. The zero-order chi connectivity index (χ0) is 22.8. The van der Waals surface area contributed by atoms with Gasteiger partial charge < -0.3 is 20.1 Å². The molecule has 2 N–H and O–H groups in total. The van der Waals surface area contributed by atoms with Crippen LogP contribution in [0.2, 0.25) is 0 Å². The largest absolute Gasteiger partial charge is 0.496 e. The average Bonchev–Trinajstić information content (AvgIpc) is 3.37. The minimum Gasteiger partial charge on any atom is -0.496 e. The van der Waals surface area contributed by atoms with E-state index in [4.69, 9.17) is 4.74 Å². The van der Waals surface area contributed by atoms with Gasteiger partial charge in [0.05, 0.1) is 24.6 Å². The van der Waals surface area contributed by atoms with Crippen LogP contribution in [0.5, 0.6) is 5.75 Å². The van der Waals surface area contributed by atoms with Gasteiger partial charge in [-0.3, -0.25) is 9.48 Å². The molecule has 1 amide bonds. The first kappa shape index (κ1) is 21.2. The summed E-state index contributed by atoms with van der Waals surface area (Å²) in [5.74, 6) is -0.256. The van der Waals surface area contributed by atoms with E-state index >= 15 is 0 Å². The number of nitrogens with zero attached hydrogens (tertiary/aromatic N) is 6. The minimum absolute atomic E-state index is 0.0341. The zero-order valence-electron chi connectivity index (χ0n) is 17.7. The second kappa shape index (κ2) is 8.63. The highest BCUT2D eigenvalue weighted by Gasteiger charge is 2.22. The van der Waals surface area contributed by atoms with Crippen LogP contribution in [-0.4, -0.2) is 61.5 Å². The summed E-state index contributed by atoms with van der Waals surface area (Å²) < 4.78 is 22.4. The van der Waals surface area contributed by atoms with Crippen LogP contribution >= 0.6 is 0 Å². The zero-order valence-corrected chi connectivity index (χ0v) is 17.7. The van der Waals surface area contributed by atoms with E-state index in [1.807, 2.05) is 0 Å². The number of nitrogens with one attached hydrogen (secondary N) is 1. The van der Waals surface area contributed by atoms with Crippen molar-refractivity contribution in [1.29, 1.82) is 0 Å². The molecule has 32 heavy (non-hydrogen) atoms. The molecule has 1 aromatic carbocycles. The van der Waals surface area contributed by atoms with Gasteiger partial charge in [-0.05, 0) is 24.3 Å². The number of rotatable bonds is 7. The van der Waals surface area contributed by atoms with Crippen molar-refractivity contribution in [2.24, 2.45) is 0 Å². The number of amides is 1. The number of carbonyl (C=O) groups is 1. The molecular weight excluding hydrogens is 417 g/mol. The Morgan fingerprint density at radius 2 is 2.19 bits per heavy atom. The van der Waals surface area contributed by atoms with Crippen LogP contribution < -0.4 is 10.1 Å². The highest BCUT2D eigenvalue weighted by atomic mass is 19.1. The van der Waals surface area contributed by atoms with Crippen LogP contribution in [0.4, 0.5) is 10.1 Å². The quantitative estimate of drug-likeness (QED) is 0.424. The average molecular weight is 439 g/mol. The topological polar surface area (TPSA) is 110 Å². The summed E-state index contributed by atoms with van der Waals surface area (Å²) in [6, 6.07) is 5.78. The van der Waals surface area contributed by atoms with Gasteiger partial charge >= 0.3 is 0 Å². The number of benzene rings is 1. The molecule has 1 unspecified atom stereocenters.